The molecule has 0 aliphatic carbocycles. The number of nitrogens with one attached hydrogen (secondary N) is 2. The molecule has 1 aromatic carbocycles. The predicted octanol–water partition coefficient (Wildman–Crippen LogP) is -0.0265. The minimum Gasteiger partial charge on any atom is -0.394 e. The quantitative estimate of drug-likeness (QED) is 0.611. The fourth-order valence-corrected chi connectivity index (χ4v) is 2.30. The lowest BCUT2D eigenvalue weighted by Gasteiger charge is -2.27. The number of benzene rings is 1. The molecule has 1 fully saturated rings. The zero-order valence-corrected chi connectivity index (χ0v) is 12.8. The van der Waals surface area contributed by atoms with Gasteiger partial charge in [0.25, 0.3) is 0 Å². The van der Waals surface area contributed by atoms with E-state index in [1.165, 1.54) is 36.1 Å². The number of anilines is 1. The van der Waals surface area contributed by atoms with E-state index in [9.17, 15) is 14.0 Å². The van der Waals surface area contributed by atoms with Crippen molar-refractivity contribution in [1.82, 2.24) is 10.6 Å². The summed E-state index contributed by atoms with van der Waals surface area (Å²) in [5.41, 5.74) is -0.569. The molecular weight excluding hydrogens is 305 g/mol. The summed E-state index contributed by atoms with van der Waals surface area (Å²) in [6, 6.07) is 4.56. The predicted molar refractivity (Wildman–Crippen MR) is 81.4 cm³/mol. The average molecular weight is 325 g/mol. The summed E-state index contributed by atoms with van der Waals surface area (Å²) in [4.78, 5) is 25.4. The monoisotopic (exact) mass is 325 g/mol. The Morgan fingerprint density at radius 1 is 1.35 bits per heavy atom. The van der Waals surface area contributed by atoms with Crippen LogP contribution in [0.4, 0.5) is 14.9 Å². The number of halogens is 1. The fraction of sp³-hybridized carbons (Fsp3) is 0.467. The Labute approximate surface area is 133 Å². The van der Waals surface area contributed by atoms with Gasteiger partial charge in [-0.25, -0.2) is 9.18 Å². The molecule has 1 aliphatic heterocycles. The summed E-state index contributed by atoms with van der Waals surface area (Å²) in [5, 5.41) is 23.4. The molecule has 126 valence electrons. The molecule has 2 rings (SSSR count). The van der Waals surface area contributed by atoms with Gasteiger partial charge in [0.2, 0.25) is 5.91 Å². The van der Waals surface area contributed by atoms with Gasteiger partial charge in [-0.3, -0.25) is 4.79 Å². The summed E-state index contributed by atoms with van der Waals surface area (Å²) in [5.74, 6) is -0.560. The smallest absolute Gasteiger partial charge is 0.315 e. The van der Waals surface area contributed by atoms with Gasteiger partial charge in [-0.1, -0.05) is 0 Å². The third kappa shape index (κ3) is 4.17. The zero-order valence-electron chi connectivity index (χ0n) is 12.8. The molecule has 1 heterocycles. The maximum Gasteiger partial charge on any atom is 0.315 e. The van der Waals surface area contributed by atoms with Crippen LogP contribution in [-0.2, 0) is 4.79 Å². The van der Waals surface area contributed by atoms with E-state index in [1.54, 1.807) is 0 Å². The summed E-state index contributed by atoms with van der Waals surface area (Å²) in [6.07, 6.45) is 0.125. The molecular formula is C15H20FN3O4. The van der Waals surface area contributed by atoms with Gasteiger partial charge >= 0.3 is 6.03 Å². The number of aliphatic hydroxyl groups excluding tert-OH is 2. The standard InChI is InChI=1S/C15H20FN3O4/c1-15(8-20,9-21)18-14(23)17-11-6-13(22)19(7-11)12-4-2-10(16)3-5-12/h2-5,11,20-21H,6-9H2,1H3,(H2,17,18,23). The number of hydrogen-bond donors (Lipinski definition) is 4. The van der Waals surface area contributed by atoms with Gasteiger partial charge in [-0.05, 0) is 31.2 Å². The minimum atomic E-state index is -1.14. The largest absolute Gasteiger partial charge is 0.394 e. The Morgan fingerprint density at radius 2 is 1.96 bits per heavy atom. The maximum absolute atomic E-state index is 12.9. The number of aliphatic hydroxyl groups is 2. The van der Waals surface area contributed by atoms with E-state index in [-0.39, 0.29) is 24.7 Å². The number of carbonyl (C=O) groups excluding carboxylic acids is 2. The van der Waals surface area contributed by atoms with E-state index in [2.05, 4.69) is 10.6 Å². The lowest BCUT2D eigenvalue weighted by molar-refractivity contribution is -0.117. The number of nitrogens with zero attached hydrogens (tertiary/aromatic N) is 1. The van der Waals surface area contributed by atoms with Crippen molar-refractivity contribution in [3.05, 3.63) is 30.1 Å². The van der Waals surface area contributed by atoms with Crippen LogP contribution in [0.5, 0.6) is 0 Å². The van der Waals surface area contributed by atoms with E-state index in [0.717, 1.165) is 0 Å². The Morgan fingerprint density at radius 3 is 2.52 bits per heavy atom. The molecule has 7 nitrogen and oxygen atoms in total. The molecule has 1 aromatic rings. The molecule has 1 saturated heterocycles. The van der Waals surface area contributed by atoms with Crippen molar-refractivity contribution in [2.75, 3.05) is 24.7 Å². The van der Waals surface area contributed by atoms with Gasteiger partial charge in [0.05, 0.1) is 24.8 Å². The third-order valence-corrected chi connectivity index (χ3v) is 3.71. The van der Waals surface area contributed by atoms with Crippen LogP contribution in [0.3, 0.4) is 0 Å². The van der Waals surface area contributed by atoms with Crippen LogP contribution in [0.1, 0.15) is 13.3 Å². The van der Waals surface area contributed by atoms with Crippen molar-refractivity contribution in [3.8, 4) is 0 Å². The number of urea groups is 1. The van der Waals surface area contributed by atoms with Crippen molar-refractivity contribution < 1.29 is 24.2 Å². The molecule has 4 N–H and O–H groups in total. The molecule has 0 aromatic heterocycles. The highest BCUT2D eigenvalue weighted by Gasteiger charge is 2.33. The van der Waals surface area contributed by atoms with Gasteiger partial charge in [0.15, 0.2) is 0 Å². The van der Waals surface area contributed by atoms with Gasteiger partial charge < -0.3 is 25.7 Å². The lowest BCUT2D eigenvalue weighted by Crippen LogP contribution is -2.56. The van der Waals surface area contributed by atoms with E-state index < -0.39 is 30.8 Å². The second kappa shape index (κ2) is 6.93. The molecule has 0 radical (unpaired) electrons. The van der Waals surface area contributed by atoms with Crippen molar-refractivity contribution in [3.63, 3.8) is 0 Å². The normalized spacial score (nSPS) is 18.2. The zero-order chi connectivity index (χ0) is 17.0. The second-order valence-corrected chi connectivity index (χ2v) is 5.86. The van der Waals surface area contributed by atoms with Crippen LogP contribution >= 0.6 is 0 Å². The summed E-state index contributed by atoms with van der Waals surface area (Å²) >= 11 is 0. The summed E-state index contributed by atoms with van der Waals surface area (Å²) < 4.78 is 12.9. The minimum absolute atomic E-state index is 0.125. The van der Waals surface area contributed by atoms with Crippen LogP contribution in [0, 0.1) is 5.82 Å². The first-order valence-electron chi connectivity index (χ1n) is 7.23. The van der Waals surface area contributed by atoms with Gasteiger partial charge in [0.1, 0.15) is 5.82 Å². The van der Waals surface area contributed by atoms with E-state index >= 15 is 0 Å². The van der Waals surface area contributed by atoms with Crippen LogP contribution in [0.2, 0.25) is 0 Å². The van der Waals surface area contributed by atoms with E-state index in [1.807, 2.05) is 0 Å². The van der Waals surface area contributed by atoms with Crippen molar-refractivity contribution in [2.45, 2.75) is 24.9 Å². The van der Waals surface area contributed by atoms with Crippen LogP contribution in [-0.4, -0.2) is 53.5 Å². The average Bonchev–Trinajstić information content (AvgIpc) is 2.88. The van der Waals surface area contributed by atoms with Crippen LogP contribution in [0.15, 0.2) is 24.3 Å². The number of rotatable bonds is 5. The molecule has 1 unspecified atom stereocenters. The molecule has 0 saturated carbocycles. The number of hydrogen-bond acceptors (Lipinski definition) is 4. The van der Waals surface area contributed by atoms with E-state index in [4.69, 9.17) is 10.2 Å². The van der Waals surface area contributed by atoms with Gasteiger partial charge in [-0.2, -0.15) is 0 Å². The molecule has 8 heteroatoms. The number of carbonyl (C=O) groups is 2. The maximum atomic E-state index is 12.9. The Hall–Kier alpha value is -2.19. The highest BCUT2D eigenvalue weighted by molar-refractivity contribution is 5.96. The fourth-order valence-electron chi connectivity index (χ4n) is 2.30. The Balaban J connectivity index is 1.95. The topological polar surface area (TPSA) is 102 Å². The molecule has 3 amide bonds. The van der Waals surface area contributed by atoms with Crippen LogP contribution in [0.25, 0.3) is 0 Å². The Kier molecular flexibility index (Phi) is 5.17. The van der Waals surface area contributed by atoms with E-state index in [0.29, 0.717) is 5.69 Å². The van der Waals surface area contributed by atoms with Crippen LogP contribution < -0.4 is 15.5 Å². The van der Waals surface area contributed by atoms with Crippen molar-refractivity contribution in [2.24, 2.45) is 0 Å². The molecule has 1 aliphatic rings. The first-order chi connectivity index (χ1) is 10.9. The van der Waals surface area contributed by atoms with Crippen molar-refractivity contribution in [1.29, 1.82) is 0 Å². The third-order valence-electron chi connectivity index (χ3n) is 3.71. The molecule has 0 bridgehead atoms. The SMILES string of the molecule is CC(CO)(CO)NC(=O)NC1CC(=O)N(c2ccc(F)cc2)C1. The van der Waals surface area contributed by atoms with Gasteiger partial charge in [-0.15, -0.1) is 0 Å². The molecule has 23 heavy (non-hydrogen) atoms. The van der Waals surface area contributed by atoms with Gasteiger partial charge in [0, 0.05) is 18.7 Å². The highest BCUT2D eigenvalue weighted by atomic mass is 19.1. The molecule has 1 atom stereocenters. The lowest BCUT2D eigenvalue weighted by atomic mass is 10.1. The first kappa shape index (κ1) is 17.2. The summed E-state index contributed by atoms with van der Waals surface area (Å²) in [7, 11) is 0. The van der Waals surface area contributed by atoms with Crippen molar-refractivity contribution >= 4 is 17.6 Å². The summed E-state index contributed by atoms with van der Waals surface area (Å²) in [6.45, 7) is 0.939. The Bertz CT molecular complexity index is 575. The molecule has 0 spiro atoms. The second-order valence-electron chi connectivity index (χ2n) is 5.86. The highest BCUT2D eigenvalue weighted by Crippen LogP contribution is 2.21. The number of amides is 3. The first-order valence-corrected chi connectivity index (χ1v) is 7.23.